The Hall–Kier alpha value is -0.0400. The molecule has 0 fully saturated rings. The van der Waals surface area contributed by atoms with Crippen LogP contribution in [0.25, 0.3) is 0 Å². The van der Waals surface area contributed by atoms with Crippen molar-refractivity contribution in [1.82, 2.24) is 4.90 Å². The Morgan fingerprint density at radius 3 is 1.93 bits per heavy atom. The van der Waals surface area contributed by atoms with Gasteiger partial charge in [0, 0.05) is 12.1 Å². The minimum absolute atomic E-state index is 0.692. The molecule has 0 bridgehead atoms. The second kappa shape index (κ2) is 7.28. The normalized spacial score (nSPS) is 14.4. The van der Waals surface area contributed by atoms with E-state index in [9.17, 15) is 0 Å². The Kier molecular flexibility index (Phi) is 7.26. The van der Waals surface area contributed by atoms with E-state index in [1.54, 1.807) is 0 Å². The molecule has 1 atom stereocenters. The zero-order valence-corrected chi connectivity index (χ0v) is 11.0. The van der Waals surface area contributed by atoms with Gasteiger partial charge in [-0.05, 0) is 52.5 Å². The highest BCUT2D eigenvalue weighted by Gasteiger charge is 2.14. The summed E-state index contributed by atoms with van der Waals surface area (Å²) in [6.07, 6.45) is 3.97. The second-order valence-electron chi connectivity index (χ2n) is 5.12. The monoisotopic (exact) mass is 199 g/mol. The fourth-order valence-corrected chi connectivity index (χ4v) is 1.90. The van der Waals surface area contributed by atoms with E-state index in [4.69, 9.17) is 0 Å². The highest BCUT2D eigenvalue weighted by Crippen LogP contribution is 2.12. The van der Waals surface area contributed by atoms with Gasteiger partial charge in [0.05, 0.1) is 0 Å². The molecule has 0 aliphatic carbocycles. The van der Waals surface area contributed by atoms with Gasteiger partial charge in [-0.25, -0.2) is 0 Å². The zero-order valence-electron chi connectivity index (χ0n) is 11.0. The number of hydrogen-bond acceptors (Lipinski definition) is 1. The first-order valence-corrected chi connectivity index (χ1v) is 6.24. The first-order chi connectivity index (χ1) is 6.49. The van der Waals surface area contributed by atoms with Crippen LogP contribution in [0.4, 0.5) is 0 Å². The maximum Gasteiger partial charge on any atom is 0.00670 e. The van der Waals surface area contributed by atoms with Crippen LogP contribution in [0, 0.1) is 5.92 Å². The van der Waals surface area contributed by atoms with Crippen LogP contribution in [-0.4, -0.2) is 23.5 Å². The summed E-state index contributed by atoms with van der Waals surface area (Å²) in [5.41, 5.74) is 0. The fourth-order valence-electron chi connectivity index (χ4n) is 1.90. The van der Waals surface area contributed by atoms with Crippen LogP contribution in [0.1, 0.15) is 60.8 Å². The topological polar surface area (TPSA) is 3.24 Å². The Labute approximate surface area is 90.9 Å². The molecule has 0 aromatic carbocycles. The van der Waals surface area contributed by atoms with Crippen LogP contribution in [-0.2, 0) is 0 Å². The van der Waals surface area contributed by atoms with Crippen LogP contribution < -0.4 is 0 Å². The number of rotatable bonds is 7. The van der Waals surface area contributed by atoms with Crippen molar-refractivity contribution in [3.8, 4) is 0 Å². The van der Waals surface area contributed by atoms with Crippen LogP contribution in [0.5, 0.6) is 0 Å². The lowest BCUT2D eigenvalue weighted by Gasteiger charge is -2.32. The molecule has 0 saturated carbocycles. The molecule has 1 nitrogen and oxygen atoms in total. The van der Waals surface area contributed by atoms with E-state index in [2.05, 4.69) is 46.4 Å². The van der Waals surface area contributed by atoms with E-state index in [-0.39, 0.29) is 0 Å². The fraction of sp³-hybridized carbons (Fsp3) is 1.00. The van der Waals surface area contributed by atoms with E-state index in [0.29, 0.717) is 6.04 Å². The lowest BCUT2D eigenvalue weighted by Crippen LogP contribution is -2.39. The maximum absolute atomic E-state index is 2.63. The highest BCUT2D eigenvalue weighted by molar-refractivity contribution is 4.69. The smallest absolute Gasteiger partial charge is 0.00670 e. The van der Waals surface area contributed by atoms with Crippen molar-refractivity contribution in [2.45, 2.75) is 72.9 Å². The zero-order chi connectivity index (χ0) is 11.1. The van der Waals surface area contributed by atoms with Gasteiger partial charge < -0.3 is 0 Å². The number of hydrogen-bond donors (Lipinski definition) is 0. The van der Waals surface area contributed by atoms with Gasteiger partial charge in [0.25, 0.3) is 0 Å². The van der Waals surface area contributed by atoms with Gasteiger partial charge in [-0.2, -0.15) is 0 Å². The standard InChI is InChI=1S/C13H29N/c1-7-13(6)14(12(4)5)10-8-9-11(2)3/h11-13H,7-10H2,1-6H3. The van der Waals surface area contributed by atoms with Gasteiger partial charge in [-0.3, -0.25) is 4.90 Å². The van der Waals surface area contributed by atoms with Crippen LogP contribution in [0.15, 0.2) is 0 Å². The molecule has 0 amide bonds. The van der Waals surface area contributed by atoms with Crippen molar-refractivity contribution < 1.29 is 0 Å². The summed E-state index contributed by atoms with van der Waals surface area (Å²) in [6.45, 7) is 15.1. The quantitative estimate of drug-likeness (QED) is 0.600. The van der Waals surface area contributed by atoms with Crippen molar-refractivity contribution in [3.63, 3.8) is 0 Å². The lowest BCUT2D eigenvalue weighted by molar-refractivity contribution is 0.155. The summed E-state index contributed by atoms with van der Waals surface area (Å²) in [5.74, 6) is 0.848. The molecule has 86 valence electrons. The van der Waals surface area contributed by atoms with E-state index in [0.717, 1.165) is 12.0 Å². The summed E-state index contributed by atoms with van der Waals surface area (Å²) in [6, 6.07) is 1.43. The third kappa shape index (κ3) is 5.64. The Morgan fingerprint density at radius 2 is 1.57 bits per heavy atom. The molecule has 0 N–H and O–H groups in total. The largest absolute Gasteiger partial charge is 0.298 e. The first kappa shape index (κ1) is 14.0. The molecule has 0 aromatic heterocycles. The van der Waals surface area contributed by atoms with E-state index >= 15 is 0 Å². The molecule has 0 saturated heterocycles. The van der Waals surface area contributed by atoms with Gasteiger partial charge in [0.15, 0.2) is 0 Å². The van der Waals surface area contributed by atoms with Gasteiger partial charge in [0.1, 0.15) is 0 Å². The predicted molar refractivity (Wildman–Crippen MR) is 65.7 cm³/mol. The third-order valence-corrected chi connectivity index (χ3v) is 3.02. The molecule has 1 unspecified atom stereocenters. The summed E-state index contributed by atoms with van der Waals surface area (Å²) in [4.78, 5) is 2.63. The lowest BCUT2D eigenvalue weighted by atomic mass is 10.1. The molecule has 1 heteroatoms. The molecular weight excluding hydrogens is 170 g/mol. The molecular formula is C13H29N. The molecule has 0 rings (SSSR count). The molecule has 0 aliphatic rings. The summed E-state index contributed by atoms with van der Waals surface area (Å²) >= 11 is 0. The Balaban J connectivity index is 3.85. The summed E-state index contributed by atoms with van der Waals surface area (Å²) in [7, 11) is 0. The van der Waals surface area contributed by atoms with Crippen LogP contribution in [0.2, 0.25) is 0 Å². The third-order valence-electron chi connectivity index (χ3n) is 3.02. The second-order valence-corrected chi connectivity index (χ2v) is 5.12. The van der Waals surface area contributed by atoms with Crippen molar-refractivity contribution >= 4 is 0 Å². The molecule has 0 aromatic rings. The SMILES string of the molecule is CCC(C)N(CCCC(C)C)C(C)C. The highest BCUT2D eigenvalue weighted by atomic mass is 15.2. The van der Waals surface area contributed by atoms with Crippen molar-refractivity contribution in [3.05, 3.63) is 0 Å². The molecule has 0 spiro atoms. The maximum atomic E-state index is 2.63. The van der Waals surface area contributed by atoms with E-state index in [1.165, 1.54) is 25.8 Å². The number of nitrogens with zero attached hydrogens (tertiary/aromatic N) is 1. The molecule has 0 heterocycles. The Morgan fingerprint density at radius 1 is 1.00 bits per heavy atom. The Bertz CT molecular complexity index is 129. The summed E-state index contributed by atoms with van der Waals surface area (Å²) < 4.78 is 0. The average Bonchev–Trinajstić information content (AvgIpc) is 2.10. The van der Waals surface area contributed by atoms with Gasteiger partial charge in [-0.1, -0.05) is 20.8 Å². The predicted octanol–water partition coefficient (Wildman–Crippen LogP) is 3.93. The van der Waals surface area contributed by atoms with Crippen molar-refractivity contribution in [1.29, 1.82) is 0 Å². The average molecular weight is 199 g/mol. The minimum atomic E-state index is 0.692. The van der Waals surface area contributed by atoms with E-state index < -0.39 is 0 Å². The van der Waals surface area contributed by atoms with Crippen molar-refractivity contribution in [2.75, 3.05) is 6.54 Å². The van der Waals surface area contributed by atoms with Gasteiger partial charge in [0.2, 0.25) is 0 Å². The molecule has 0 radical (unpaired) electrons. The molecule has 14 heavy (non-hydrogen) atoms. The minimum Gasteiger partial charge on any atom is -0.298 e. The first-order valence-electron chi connectivity index (χ1n) is 6.24. The summed E-state index contributed by atoms with van der Waals surface area (Å²) in [5, 5.41) is 0. The van der Waals surface area contributed by atoms with E-state index in [1.807, 2.05) is 0 Å². The van der Waals surface area contributed by atoms with Crippen LogP contribution >= 0.6 is 0 Å². The molecule has 0 aliphatic heterocycles. The van der Waals surface area contributed by atoms with Crippen LogP contribution in [0.3, 0.4) is 0 Å². The van der Waals surface area contributed by atoms with Gasteiger partial charge in [-0.15, -0.1) is 0 Å². The van der Waals surface area contributed by atoms with Crippen molar-refractivity contribution in [2.24, 2.45) is 5.92 Å². The van der Waals surface area contributed by atoms with Gasteiger partial charge >= 0.3 is 0 Å².